The summed E-state index contributed by atoms with van der Waals surface area (Å²) >= 11 is 0. The number of carbonyl (C=O) groups excluding carboxylic acids is 3. The molecule has 2 aliphatic rings. The molecular weight excluding hydrogens is 436 g/mol. The Kier molecular flexibility index (Phi) is 9.29. The molecule has 0 aromatic heterocycles. The third-order valence-corrected chi connectivity index (χ3v) is 6.29. The number of fused-ring (bicyclic) bond motifs is 2. The van der Waals surface area contributed by atoms with Crippen molar-refractivity contribution >= 4 is 23.4 Å². The monoisotopic (exact) mass is 474 g/mol. The van der Waals surface area contributed by atoms with Crippen LogP contribution in [-0.2, 0) is 14.3 Å². The van der Waals surface area contributed by atoms with Gasteiger partial charge in [-0.1, -0.05) is 6.92 Å². The number of hydrogen-bond donors (Lipinski definition) is 2. The van der Waals surface area contributed by atoms with Crippen LogP contribution in [0.1, 0.15) is 55.8 Å². The lowest BCUT2D eigenvalue weighted by Crippen LogP contribution is -2.54. The molecule has 188 valence electrons. The Labute approximate surface area is 202 Å². The normalized spacial score (nSPS) is 22.2. The minimum atomic E-state index is -0.314. The fourth-order valence-corrected chi connectivity index (χ4v) is 4.46. The number of rotatable bonds is 9. The van der Waals surface area contributed by atoms with E-state index in [1.165, 1.54) is 0 Å². The molecule has 1 saturated heterocycles. The molecule has 1 aromatic carbocycles. The summed E-state index contributed by atoms with van der Waals surface area (Å²) in [6.45, 7) is 3.81. The second kappa shape index (κ2) is 12.2. The fourth-order valence-electron chi connectivity index (χ4n) is 4.46. The molecule has 2 N–H and O–H groups in total. The molecule has 3 amide bonds. The number of likely N-dealkylation sites (N-methyl/N-ethyl adjacent to an activating group) is 1. The van der Waals surface area contributed by atoms with Crippen LogP contribution in [0.4, 0.5) is 5.69 Å². The number of anilines is 1. The van der Waals surface area contributed by atoms with Gasteiger partial charge in [-0.3, -0.25) is 14.4 Å². The first-order valence-electron chi connectivity index (χ1n) is 12.2. The van der Waals surface area contributed by atoms with Crippen molar-refractivity contribution < 1.29 is 23.9 Å². The van der Waals surface area contributed by atoms with E-state index in [1.54, 1.807) is 30.1 Å². The summed E-state index contributed by atoms with van der Waals surface area (Å²) in [5, 5.41) is 5.80. The van der Waals surface area contributed by atoms with E-state index in [0.29, 0.717) is 42.8 Å². The Hall–Kier alpha value is -2.65. The lowest BCUT2D eigenvalue weighted by Gasteiger charge is -2.42. The second-order valence-corrected chi connectivity index (χ2v) is 9.39. The molecule has 34 heavy (non-hydrogen) atoms. The minimum Gasteiger partial charge on any atom is -0.490 e. The molecule has 9 heteroatoms. The summed E-state index contributed by atoms with van der Waals surface area (Å²) in [6, 6.07) is 4.99. The van der Waals surface area contributed by atoms with Gasteiger partial charge in [0.2, 0.25) is 11.8 Å². The first-order valence-corrected chi connectivity index (χ1v) is 12.2. The van der Waals surface area contributed by atoms with Gasteiger partial charge in [0, 0.05) is 25.7 Å². The Morgan fingerprint density at radius 1 is 1.21 bits per heavy atom. The van der Waals surface area contributed by atoms with E-state index in [0.717, 1.165) is 25.8 Å². The van der Waals surface area contributed by atoms with Crippen LogP contribution < -0.4 is 15.4 Å². The van der Waals surface area contributed by atoms with Gasteiger partial charge in [0.15, 0.2) is 0 Å². The first kappa shape index (κ1) is 26.0. The third-order valence-electron chi connectivity index (χ3n) is 6.29. The van der Waals surface area contributed by atoms with Gasteiger partial charge in [-0.05, 0) is 64.5 Å². The zero-order valence-corrected chi connectivity index (χ0v) is 20.8. The lowest BCUT2D eigenvalue weighted by atomic mass is 9.94. The van der Waals surface area contributed by atoms with Crippen molar-refractivity contribution in [1.29, 1.82) is 0 Å². The summed E-state index contributed by atoms with van der Waals surface area (Å²) in [6.07, 6.45) is 3.31. The molecule has 1 fully saturated rings. The number of carbonyl (C=O) groups is 3. The van der Waals surface area contributed by atoms with E-state index < -0.39 is 0 Å². The number of benzene rings is 1. The van der Waals surface area contributed by atoms with Crippen LogP contribution in [0.3, 0.4) is 0 Å². The Bertz CT molecular complexity index is 875. The molecule has 2 heterocycles. The van der Waals surface area contributed by atoms with Crippen molar-refractivity contribution in [3.63, 3.8) is 0 Å². The molecular formula is C25H38N4O5. The number of ether oxygens (including phenoxy) is 2. The van der Waals surface area contributed by atoms with Gasteiger partial charge in [0.25, 0.3) is 5.91 Å². The highest BCUT2D eigenvalue weighted by Crippen LogP contribution is 2.32. The molecule has 3 atom stereocenters. The average molecular weight is 475 g/mol. The summed E-state index contributed by atoms with van der Waals surface area (Å²) in [4.78, 5) is 41.4. The van der Waals surface area contributed by atoms with E-state index in [2.05, 4.69) is 15.5 Å². The third kappa shape index (κ3) is 6.93. The SMILES string of the molecule is CCCC(=O)Nc1ccc2c(c1)C(=O)N(C)[C@@H]1CC[C@@H](CC(=O)NCCCN(C)C)O[C@H]1CO2. The van der Waals surface area contributed by atoms with Crippen LogP contribution in [0.5, 0.6) is 5.75 Å². The van der Waals surface area contributed by atoms with Gasteiger partial charge in [-0.15, -0.1) is 0 Å². The molecule has 0 spiro atoms. The molecule has 0 unspecified atom stereocenters. The Balaban J connectivity index is 1.61. The molecule has 3 rings (SSSR count). The summed E-state index contributed by atoms with van der Waals surface area (Å²) < 4.78 is 12.2. The van der Waals surface area contributed by atoms with E-state index in [9.17, 15) is 14.4 Å². The summed E-state index contributed by atoms with van der Waals surface area (Å²) in [5.41, 5.74) is 1.01. The highest BCUT2D eigenvalue weighted by Gasteiger charge is 2.39. The summed E-state index contributed by atoms with van der Waals surface area (Å²) in [7, 11) is 5.80. The number of nitrogens with zero attached hydrogens (tertiary/aromatic N) is 2. The maximum Gasteiger partial charge on any atom is 0.257 e. The van der Waals surface area contributed by atoms with Gasteiger partial charge in [-0.25, -0.2) is 0 Å². The molecule has 0 aliphatic carbocycles. The van der Waals surface area contributed by atoms with Crippen molar-refractivity contribution in [2.24, 2.45) is 0 Å². The van der Waals surface area contributed by atoms with Crippen molar-refractivity contribution in [3.8, 4) is 5.75 Å². The zero-order chi connectivity index (χ0) is 24.7. The van der Waals surface area contributed by atoms with E-state index in [-0.39, 0.29) is 42.6 Å². The smallest absolute Gasteiger partial charge is 0.257 e. The molecule has 0 radical (unpaired) electrons. The topological polar surface area (TPSA) is 100 Å². The Morgan fingerprint density at radius 2 is 2.00 bits per heavy atom. The van der Waals surface area contributed by atoms with Crippen LogP contribution in [0.15, 0.2) is 18.2 Å². The molecule has 2 aliphatic heterocycles. The molecule has 9 nitrogen and oxygen atoms in total. The number of amides is 3. The van der Waals surface area contributed by atoms with Crippen molar-refractivity contribution in [1.82, 2.24) is 15.1 Å². The van der Waals surface area contributed by atoms with Gasteiger partial charge >= 0.3 is 0 Å². The van der Waals surface area contributed by atoms with Crippen LogP contribution >= 0.6 is 0 Å². The van der Waals surface area contributed by atoms with Gasteiger partial charge < -0.3 is 29.9 Å². The van der Waals surface area contributed by atoms with Gasteiger partial charge in [0.05, 0.1) is 24.1 Å². The van der Waals surface area contributed by atoms with Gasteiger partial charge in [0.1, 0.15) is 18.5 Å². The first-order chi connectivity index (χ1) is 16.3. The van der Waals surface area contributed by atoms with Crippen LogP contribution in [-0.4, -0.2) is 86.6 Å². The lowest BCUT2D eigenvalue weighted by molar-refractivity contribution is -0.134. The highest BCUT2D eigenvalue weighted by atomic mass is 16.5. The maximum atomic E-state index is 13.3. The van der Waals surface area contributed by atoms with Crippen LogP contribution in [0.2, 0.25) is 0 Å². The maximum absolute atomic E-state index is 13.3. The van der Waals surface area contributed by atoms with E-state index >= 15 is 0 Å². The summed E-state index contributed by atoms with van der Waals surface area (Å²) in [5.74, 6) is 0.204. The largest absolute Gasteiger partial charge is 0.490 e. The number of nitrogens with one attached hydrogen (secondary N) is 2. The predicted molar refractivity (Wildman–Crippen MR) is 130 cm³/mol. The van der Waals surface area contributed by atoms with Crippen molar-refractivity contribution in [2.75, 3.05) is 46.2 Å². The quantitative estimate of drug-likeness (QED) is 0.533. The van der Waals surface area contributed by atoms with E-state index in [1.807, 2.05) is 21.0 Å². The molecule has 1 aromatic rings. The zero-order valence-electron chi connectivity index (χ0n) is 20.8. The van der Waals surface area contributed by atoms with Gasteiger partial charge in [-0.2, -0.15) is 0 Å². The molecule has 0 bridgehead atoms. The average Bonchev–Trinajstić information content (AvgIpc) is 2.79. The fraction of sp³-hybridized carbons (Fsp3) is 0.640. The van der Waals surface area contributed by atoms with E-state index in [4.69, 9.17) is 9.47 Å². The Morgan fingerprint density at radius 3 is 2.74 bits per heavy atom. The van der Waals surface area contributed by atoms with Crippen LogP contribution in [0, 0.1) is 0 Å². The minimum absolute atomic E-state index is 0.0126. The van der Waals surface area contributed by atoms with Crippen molar-refractivity contribution in [2.45, 2.75) is 63.7 Å². The van der Waals surface area contributed by atoms with Crippen molar-refractivity contribution in [3.05, 3.63) is 23.8 Å². The predicted octanol–water partition coefficient (Wildman–Crippen LogP) is 2.26. The second-order valence-electron chi connectivity index (χ2n) is 9.39. The molecule has 0 saturated carbocycles. The van der Waals surface area contributed by atoms with Crippen LogP contribution in [0.25, 0.3) is 0 Å². The standard InChI is InChI=1S/C25H38N4O5/c1-5-7-23(30)27-17-8-11-21-19(14-17)25(32)29(4)20-10-9-18(34-22(20)16-33-21)15-24(31)26-12-6-13-28(2)3/h8,11,14,18,20,22H,5-7,9-10,12-13,15-16H2,1-4H3,(H,26,31)(H,27,30)/t18-,20+,22-/m0/s1. The number of hydrogen-bond acceptors (Lipinski definition) is 6. The highest BCUT2D eigenvalue weighted by molar-refractivity contribution is 5.99.